The quantitative estimate of drug-likeness (QED) is 0.653. The summed E-state index contributed by atoms with van der Waals surface area (Å²) < 4.78 is 5.34. The lowest BCUT2D eigenvalue weighted by atomic mass is 10.2. The van der Waals surface area contributed by atoms with Crippen molar-refractivity contribution in [1.29, 1.82) is 0 Å². The van der Waals surface area contributed by atoms with Crippen LogP contribution in [0.15, 0.2) is 11.4 Å². The highest BCUT2D eigenvalue weighted by atomic mass is 16.5. The topological polar surface area (TPSA) is 92.9 Å². The molecule has 17 heavy (non-hydrogen) atoms. The first-order chi connectivity index (χ1) is 7.93. The summed E-state index contributed by atoms with van der Waals surface area (Å²) in [4.78, 5) is 23.6. The molecule has 6 nitrogen and oxygen atoms in total. The molecule has 6 heteroatoms. The maximum absolute atomic E-state index is 11.5. The number of carbonyl (C=O) groups is 2. The number of nitrogens with zero attached hydrogens (tertiary/aromatic N) is 1. The summed E-state index contributed by atoms with van der Waals surface area (Å²) in [5.41, 5.74) is 5.61. The van der Waals surface area contributed by atoms with E-state index in [4.69, 9.17) is 15.6 Å². The van der Waals surface area contributed by atoms with Gasteiger partial charge in [-0.05, 0) is 20.3 Å². The number of amides is 1. The molecule has 0 radical (unpaired) electrons. The third-order valence-corrected chi connectivity index (χ3v) is 2.46. The zero-order valence-electron chi connectivity index (χ0n) is 10.1. The Morgan fingerprint density at radius 1 is 1.59 bits per heavy atom. The Bertz CT molecular complexity index is 349. The fourth-order valence-electron chi connectivity index (χ4n) is 1.61. The third kappa shape index (κ3) is 3.45. The molecule has 0 aliphatic carbocycles. The number of rotatable bonds is 6. The Balaban J connectivity index is 2.48. The van der Waals surface area contributed by atoms with Gasteiger partial charge < -0.3 is 15.6 Å². The van der Waals surface area contributed by atoms with Gasteiger partial charge in [0.2, 0.25) is 5.91 Å². The minimum Gasteiger partial charge on any atom is -0.478 e. The molecule has 1 aliphatic rings. The van der Waals surface area contributed by atoms with E-state index in [-0.39, 0.29) is 29.8 Å². The minimum atomic E-state index is -1.13. The zero-order chi connectivity index (χ0) is 13.0. The summed E-state index contributed by atoms with van der Waals surface area (Å²) in [5, 5.41) is 8.82. The number of hydrogen-bond acceptors (Lipinski definition) is 4. The highest BCUT2D eigenvalue weighted by Crippen LogP contribution is 2.20. The van der Waals surface area contributed by atoms with Gasteiger partial charge in [-0.15, -0.1) is 0 Å². The van der Waals surface area contributed by atoms with Crippen LogP contribution in [0.1, 0.15) is 26.7 Å². The molecule has 0 saturated carbocycles. The van der Waals surface area contributed by atoms with Crippen LogP contribution in [0.3, 0.4) is 0 Å². The van der Waals surface area contributed by atoms with Gasteiger partial charge >= 0.3 is 5.97 Å². The van der Waals surface area contributed by atoms with E-state index in [2.05, 4.69) is 0 Å². The smallest absolute Gasteiger partial charge is 0.335 e. The summed E-state index contributed by atoms with van der Waals surface area (Å²) in [7, 11) is 0. The van der Waals surface area contributed by atoms with Gasteiger partial charge in [0.1, 0.15) is 5.82 Å². The van der Waals surface area contributed by atoms with E-state index in [9.17, 15) is 9.59 Å². The van der Waals surface area contributed by atoms with Crippen molar-refractivity contribution in [2.24, 2.45) is 5.73 Å². The molecule has 3 N–H and O–H groups in total. The van der Waals surface area contributed by atoms with Crippen molar-refractivity contribution in [3.05, 3.63) is 11.4 Å². The van der Waals surface area contributed by atoms with Gasteiger partial charge in [0, 0.05) is 13.2 Å². The summed E-state index contributed by atoms with van der Waals surface area (Å²) >= 11 is 0. The van der Waals surface area contributed by atoms with E-state index in [1.807, 2.05) is 13.8 Å². The van der Waals surface area contributed by atoms with Crippen LogP contribution >= 0.6 is 0 Å². The van der Waals surface area contributed by atoms with Crippen LogP contribution in [0.4, 0.5) is 0 Å². The zero-order valence-corrected chi connectivity index (χ0v) is 10.1. The second-order valence-electron chi connectivity index (χ2n) is 4.16. The number of aliphatic carboxylic acids is 1. The molecule has 1 heterocycles. The molecule has 0 atom stereocenters. The van der Waals surface area contributed by atoms with Crippen molar-refractivity contribution in [2.75, 3.05) is 13.2 Å². The Morgan fingerprint density at radius 2 is 2.24 bits per heavy atom. The van der Waals surface area contributed by atoms with Gasteiger partial charge in [-0.3, -0.25) is 9.69 Å². The van der Waals surface area contributed by atoms with Crippen LogP contribution in [0.2, 0.25) is 0 Å². The van der Waals surface area contributed by atoms with Gasteiger partial charge in [-0.1, -0.05) is 0 Å². The maximum Gasteiger partial charge on any atom is 0.335 e. The van der Waals surface area contributed by atoms with Crippen LogP contribution in [0.25, 0.3) is 0 Å². The molecule has 1 amide bonds. The van der Waals surface area contributed by atoms with Gasteiger partial charge in [0.05, 0.1) is 18.1 Å². The Morgan fingerprint density at radius 3 is 2.71 bits per heavy atom. The van der Waals surface area contributed by atoms with Crippen molar-refractivity contribution >= 4 is 11.9 Å². The van der Waals surface area contributed by atoms with Gasteiger partial charge in [-0.25, -0.2) is 4.79 Å². The molecule has 0 saturated heterocycles. The lowest BCUT2D eigenvalue weighted by Crippen LogP contribution is -2.30. The maximum atomic E-state index is 11.5. The second-order valence-corrected chi connectivity index (χ2v) is 4.16. The van der Waals surface area contributed by atoms with Crippen LogP contribution in [-0.2, 0) is 14.3 Å². The van der Waals surface area contributed by atoms with E-state index >= 15 is 0 Å². The fraction of sp³-hybridized carbons (Fsp3) is 0.636. The molecule has 0 unspecified atom stereocenters. The summed E-state index contributed by atoms with van der Waals surface area (Å²) in [6, 6.07) is 0. The molecule has 96 valence electrons. The Kier molecular flexibility index (Phi) is 4.51. The molecular formula is C11H18N2O4. The summed E-state index contributed by atoms with van der Waals surface area (Å²) in [6.07, 6.45) is 0.663. The number of carboxylic acids is 1. The first kappa shape index (κ1) is 13.5. The van der Waals surface area contributed by atoms with Crippen molar-refractivity contribution in [3.63, 3.8) is 0 Å². The lowest BCUT2D eigenvalue weighted by molar-refractivity contribution is -0.134. The predicted molar refractivity (Wildman–Crippen MR) is 60.9 cm³/mol. The molecule has 0 spiro atoms. The van der Waals surface area contributed by atoms with E-state index in [1.54, 1.807) is 0 Å². The Hall–Kier alpha value is -1.56. The summed E-state index contributed by atoms with van der Waals surface area (Å²) in [5.74, 6) is -1.33. The van der Waals surface area contributed by atoms with Gasteiger partial charge in [-0.2, -0.15) is 0 Å². The van der Waals surface area contributed by atoms with Crippen molar-refractivity contribution in [1.82, 2.24) is 4.90 Å². The van der Waals surface area contributed by atoms with E-state index in [0.29, 0.717) is 19.6 Å². The number of ether oxygens (including phenoxy) is 1. The highest BCUT2D eigenvalue weighted by Gasteiger charge is 2.31. The first-order valence-corrected chi connectivity index (χ1v) is 5.57. The molecule has 0 bridgehead atoms. The lowest BCUT2D eigenvalue weighted by Gasteiger charge is -2.17. The molecule has 0 fully saturated rings. The van der Waals surface area contributed by atoms with Gasteiger partial charge in [0.15, 0.2) is 0 Å². The van der Waals surface area contributed by atoms with Crippen LogP contribution in [0.5, 0.6) is 0 Å². The standard InChI is InChI=1S/C11H18N2O4/c1-7(2)17-5-3-4-13-9(14)6-8(10(13)12)11(15)16/h7H,3-6,12H2,1-2H3,(H,15,16). The molecule has 1 rings (SSSR count). The monoisotopic (exact) mass is 242 g/mol. The largest absolute Gasteiger partial charge is 0.478 e. The average Bonchev–Trinajstić information content (AvgIpc) is 2.50. The van der Waals surface area contributed by atoms with E-state index in [1.165, 1.54) is 4.90 Å². The van der Waals surface area contributed by atoms with Crippen LogP contribution in [-0.4, -0.2) is 41.1 Å². The van der Waals surface area contributed by atoms with Crippen LogP contribution < -0.4 is 5.73 Å². The predicted octanol–water partition coefficient (Wildman–Crippen LogP) is 0.289. The third-order valence-electron chi connectivity index (χ3n) is 2.46. The van der Waals surface area contributed by atoms with Crippen LogP contribution in [0, 0.1) is 0 Å². The van der Waals surface area contributed by atoms with E-state index < -0.39 is 5.97 Å². The molecule has 0 aromatic rings. The highest BCUT2D eigenvalue weighted by molar-refractivity contribution is 5.98. The molecule has 1 aliphatic heterocycles. The average molecular weight is 242 g/mol. The van der Waals surface area contributed by atoms with Crippen molar-refractivity contribution in [3.8, 4) is 0 Å². The number of carbonyl (C=O) groups excluding carboxylic acids is 1. The molecule has 0 aromatic heterocycles. The Labute approximate surface area is 100 Å². The van der Waals surface area contributed by atoms with E-state index in [0.717, 1.165) is 0 Å². The summed E-state index contributed by atoms with van der Waals surface area (Å²) in [6.45, 7) is 4.78. The van der Waals surface area contributed by atoms with Crippen molar-refractivity contribution in [2.45, 2.75) is 32.8 Å². The fourth-order valence-corrected chi connectivity index (χ4v) is 1.61. The molecule has 0 aromatic carbocycles. The normalized spacial score (nSPS) is 16.2. The second kappa shape index (κ2) is 5.67. The number of carboxylic acid groups (broad SMARTS) is 1. The first-order valence-electron chi connectivity index (χ1n) is 5.57. The number of nitrogens with two attached hydrogens (primary N) is 1. The SMILES string of the molecule is CC(C)OCCCN1C(=O)CC(C(=O)O)=C1N. The number of hydrogen-bond donors (Lipinski definition) is 2. The molecular weight excluding hydrogens is 224 g/mol. The minimum absolute atomic E-state index is 0.0141. The van der Waals surface area contributed by atoms with Gasteiger partial charge in [0.25, 0.3) is 0 Å². The van der Waals surface area contributed by atoms with Crippen molar-refractivity contribution < 1.29 is 19.4 Å².